The third kappa shape index (κ3) is 5.69. The van der Waals surface area contributed by atoms with Crippen LogP contribution in [0.1, 0.15) is 13.3 Å². The molecular formula is C8H15NO4S. The van der Waals surface area contributed by atoms with E-state index >= 15 is 0 Å². The molecule has 0 rings (SSSR count). The zero-order valence-corrected chi connectivity index (χ0v) is 9.35. The highest BCUT2D eigenvalue weighted by Gasteiger charge is 2.15. The number of hydrogen-bond acceptors (Lipinski definition) is 4. The third-order valence-corrected chi connectivity index (χ3v) is 2.40. The third-order valence-electron chi connectivity index (χ3n) is 1.59. The highest BCUT2D eigenvalue weighted by molar-refractivity contribution is 7.84. The molecule has 0 spiro atoms. The highest BCUT2D eigenvalue weighted by Crippen LogP contribution is 1.92. The quantitative estimate of drug-likeness (QED) is 0.510. The Bertz CT molecular complexity index is 241. The number of esters is 1. The van der Waals surface area contributed by atoms with Crippen molar-refractivity contribution in [3.63, 3.8) is 0 Å². The van der Waals surface area contributed by atoms with E-state index in [0.717, 1.165) is 7.11 Å². The minimum Gasteiger partial charge on any atom is -0.462 e. The molecule has 0 saturated carbocycles. The van der Waals surface area contributed by atoms with Crippen LogP contribution < -0.4 is 5.32 Å². The number of methoxy groups -OCH3 is 1. The van der Waals surface area contributed by atoms with Crippen LogP contribution in [0.3, 0.4) is 0 Å². The summed E-state index contributed by atoms with van der Waals surface area (Å²) < 4.78 is 15.0. The molecule has 0 heterocycles. The van der Waals surface area contributed by atoms with E-state index in [-0.39, 0.29) is 6.04 Å². The fourth-order valence-corrected chi connectivity index (χ4v) is 1.48. The molecule has 2 atom stereocenters. The first-order chi connectivity index (χ1) is 6.47. The predicted molar refractivity (Wildman–Crippen MR) is 53.2 cm³/mol. The summed E-state index contributed by atoms with van der Waals surface area (Å²) in [6.45, 7) is 1.74. The van der Waals surface area contributed by atoms with E-state index in [1.807, 2.05) is 0 Å². The highest BCUT2D eigenvalue weighted by atomic mass is 32.2. The number of amides is 1. The maximum atomic E-state index is 11.0. The van der Waals surface area contributed by atoms with Gasteiger partial charge in [0.1, 0.15) is 0 Å². The Morgan fingerprint density at radius 1 is 1.50 bits per heavy atom. The lowest BCUT2D eigenvalue weighted by Crippen LogP contribution is -2.38. The summed E-state index contributed by atoms with van der Waals surface area (Å²) in [5, 5.41) is 2.44. The summed E-state index contributed by atoms with van der Waals surface area (Å²) in [5.41, 5.74) is 0. The lowest BCUT2D eigenvalue weighted by molar-refractivity contribution is -0.153. The summed E-state index contributed by atoms with van der Waals surface area (Å²) in [6.07, 6.45) is 2.17. The van der Waals surface area contributed by atoms with Gasteiger partial charge >= 0.3 is 11.9 Å². The standard InChI is InChI=1S/C8H15NO4S/c1-6(4-5-14(3)12)9-7(10)8(11)13-2/h6H,4-5H2,1-3H3,(H,9,10). The second-order valence-electron chi connectivity index (χ2n) is 2.93. The lowest BCUT2D eigenvalue weighted by Gasteiger charge is -2.11. The molecule has 0 aliphatic heterocycles. The lowest BCUT2D eigenvalue weighted by atomic mass is 10.2. The topological polar surface area (TPSA) is 72.5 Å². The molecule has 6 heteroatoms. The van der Waals surface area contributed by atoms with Gasteiger partial charge in [0, 0.05) is 28.9 Å². The monoisotopic (exact) mass is 221 g/mol. The first-order valence-electron chi connectivity index (χ1n) is 4.16. The second kappa shape index (κ2) is 6.53. The Hall–Kier alpha value is -0.910. The zero-order valence-electron chi connectivity index (χ0n) is 8.53. The number of rotatable bonds is 4. The van der Waals surface area contributed by atoms with Crippen LogP contribution in [0, 0.1) is 0 Å². The molecule has 82 valence electrons. The predicted octanol–water partition coefficient (Wildman–Crippen LogP) is -0.567. The van der Waals surface area contributed by atoms with Crippen molar-refractivity contribution in [3.8, 4) is 0 Å². The van der Waals surface area contributed by atoms with Crippen molar-refractivity contribution < 1.29 is 18.5 Å². The zero-order chi connectivity index (χ0) is 11.1. The van der Waals surface area contributed by atoms with Crippen LogP contribution >= 0.6 is 0 Å². The van der Waals surface area contributed by atoms with Crippen molar-refractivity contribution in [3.05, 3.63) is 0 Å². The number of ether oxygens (including phenoxy) is 1. The molecule has 1 amide bonds. The Labute approximate surface area is 85.7 Å². The number of carbonyl (C=O) groups is 2. The van der Waals surface area contributed by atoms with Gasteiger partial charge in [-0.3, -0.25) is 9.00 Å². The first kappa shape index (κ1) is 13.1. The molecular weight excluding hydrogens is 206 g/mol. The maximum absolute atomic E-state index is 11.0. The van der Waals surface area contributed by atoms with Gasteiger partial charge in [-0.05, 0) is 13.3 Å². The van der Waals surface area contributed by atoms with Gasteiger partial charge in [0.05, 0.1) is 7.11 Å². The van der Waals surface area contributed by atoms with Crippen molar-refractivity contribution in [2.24, 2.45) is 0 Å². The van der Waals surface area contributed by atoms with Crippen molar-refractivity contribution in [1.29, 1.82) is 0 Å². The minimum atomic E-state index is -0.908. The van der Waals surface area contributed by atoms with Crippen LogP contribution in [0.2, 0.25) is 0 Å². The fraction of sp³-hybridized carbons (Fsp3) is 0.750. The number of hydrogen-bond donors (Lipinski definition) is 1. The molecule has 5 nitrogen and oxygen atoms in total. The van der Waals surface area contributed by atoms with Gasteiger partial charge < -0.3 is 10.1 Å². The van der Waals surface area contributed by atoms with Crippen molar-refractivity contribution in [1.82, 2.24) is 5.32 Å². The number of carbonyl (C=O) groups excluding carboxylic acids is 2. The van der Waals surface area contributed by atoms with E-state index in [1.54, 1.807) is 13.2 Å². The van der Waals surface area contributed by atoms with E-state index in [0.29, 0.717) is 12.2 Å². The molecule has 0 aliphatic carbocycles. The Morgan fingerprint density at radius 3 is 2.50 bits per heavy atom. The molecule has 14 heavy (non-hydrogen) atoms. The van der Waals surface area contributed by atoms with Gasteiger partial charge in [0.2, 0.25) is 0 Å². The number of nitrogens with one attached hydrogen (secondary N) is 1. The molecule has 0 aromatic carbocycles. The molecule has 1 N–H and O–H groups in total. The average molecular weight is 221 g/mol. The van der Waals surface area contributed by atoms with Crippen LogP contribution in [0.4, 0.5) is 0 Å². The van der Waals surface area contributed by atoms with Gasteiger partial charge in [-0.1, -0.05) is 0 Å². The first-order valence-corrected chi connectivity index (χ1v) is 5.89. The Morgan fingerprint density at radius 2 is 2.07 bits per heavy atom. The molecule has 0 radical (unpaired) electrons. The SMILES string of the molecule is COC(=O)C(=O)NC(C)CCS(C)=O. The van der Waals surface area contributed by atoms with Crippen LogP contribution in [0.5, 0.6) is 0 Å². The van der Waals surface area contributed by atoms with Gasteiger partial charge in [-0.15, -0.1) is 0 Å². The van der Waals surface area contributed by atoms with E-state index in [1.165, 1.54) is 0 Å². The van der Waals surface area contributed by atoms with Crippen molar-refractivity contribution in [2.75, 3.05) is 19.1 Å². The molecule has 0 aromatic heterocycles. The van der Waals surface area contributed by atoms with Gasteiger partial charge in [-0.2, -0.15) is 0 Å². The molecule has 0 fully saturated rings. The molecule has 0 bridgehead atoms. The van der Waals surface area contributed by atoms with E-state index in [2.05, 4.69) is 10.1 Å². The van der Waals surface area contributed by atoms with E-state index < -0.39 is 22.7 Å². The summed E-state index contributed by atoms with van der Waals surface area (Å²) in [5.74, 6) is -1.17. The molecule has 0 aliphatic rings. The van der Waals surface area contributed by atoms with Crippen LogP contribution in [-0.4, -0.2) is 41.2 Å². The normalized spacial score (nSPS) is 14.2. The Balaban J connectivity index is 3.82. The van der Waals surface area contributed by atoms with E-state index in [4.69, 9.17) is 0 Å². The summed E-state index contributed by atoms with van der Waals surface area (Å²) in [6, 6.07) is -0.175. The fourth-order valence-electron chi connectivity index (χ4n) is 0.790. The average Bonchev–Trinajstić information content (AvgIpc) is 2.13. The Kier molecular flexibility index (Phi) is 6.11. The largest absolute Gasteiger partial charge is 0.462 e. The van der Waals surface area contributed by atoms with Crippen molar-refractivity contribution >= 4 is 22.7 Å². The van der Waals surface area contributed by atoms with Gasteiger partial charge in [0.15, 0.2) is 0 Å². The minimum absolute atomic E-state index is 0.175. The molecule has 0 aromatic rings. The summed E-state index contributed by atoms with van der Waals surface area (Å²) in [4.78, 5) is 21.7. The smallest absolute Gasteiger partial charge is 0.396 e. The second-order valence-corrected chi connectivity index (χ2v) is 4.49. The summed E-state index contributed by atoms with van der Waals surface area (Å²) >= 11 is 0. The van der Waals surface area contributed by atoms with E-state index in [9.17, 15) is 13.8 Å². The molecule has 2 unspecified atom stereocenters. The summed E-state index contributed by atoms with van der Waals surface area (Å²) in [7, 11) is 0.266. The molecule has 0 saturated heterocycles. The maximum Gasteiger partial charge on any atom is 0.396 e. The van der Waals surface area contributed by atoms with Crippen LogP contribution in [0.25, 0.3) is 0 Å². The van der Waals surface area contributed by atoms with Gasteiger partial charge in [0.25, 0.3) is 0 Å². The van der Waals surface area contributed by atoms with Crippen LogP contribution in [0.15, 0.2) is 0 Å². The van der Waals surface area contributed by atoms with Crippen molar-refractivity contribution in [2.45, 2.75) is 19.4 Å². The van der Waals surface area contributed by atoms with Gasteiger partial charge in [-0.25, -0.2) is 4.79 Å². The van der Waals surface area contributed by atoms with Crippen LogP contribution in [-0.2, 0) is 25.1 Å².